The van der Waals surface area contributed by atoms with Gasteiger partial charge in [0.05, 0.1) is 17.2 Å². The zero-order chi connectivity index (χ0) is 15.6. The number of hydrogen-bond acceptors (Lipinski definition) is 3. The zero-order valence-corrected chi connectivity index (χ0v) is 13.5. The summed E-state index contributed by atoms with van der Waals surface area (Å²) < 4.78 is 24.3. The second-order valence-corrected chi connectivity index (χ2v) is 8.22. The molecule has 1 aromatic rings. The zero-order valence-electron chi connectivity index (χ0n) is 12.7. The van der Waals surface area contributed by atoms with Crippen molar-refractivity contribution in [2.75, 3.05) is 12.3 Å². The maximum atomic E-state index is 12.1. The number of guanidine groups is 1. The standard InChI is InChI=1S/C16H23N3O2S/c17-16(19-13-6-2-1-3-7-13)18-10-12-11-22(20,21)15-9-5-4-8-14(12)15/h4-5,8-9,12-13H,1-3,6-7,10-11H2,(H3,17,18,19). The van der Waals surface area contributed by atoms with E-state index < -0.39 is 9.84 Å². The molecule has 120 valence electrons. The largest absolute Gasteiger partial charge is 0.370 e. The van der Waals surface area contributed by atoms with E-state index in [1.165, 1.54) is 19.3 Å². The van der Waals surface area contributed by atoms with Crippen LogP contribution in [0.2, 0.25) is 0 Å². The minimum atomic E-state index is -3.16. The first kappa shape index (κ1) is 15.3. The Labute approximate surface area is 131 Å². The molecule has 1 atom stereocenters. The van der Waals surface area contributed by atoms with Gasteiger partial charge in [-0.1, -0.05) is 37.5 Å². The molecule has 0 saturated heterocycles. The van der Waals surface area contributed by atoms with Gasteiger partial charge in [-0.05, 0) is 24.5 Å². The number of rotatable bonds is 3. The highest BCUT2D eigenvalue weighted by Gasteiger charge is 2.34. The predicted octanol–water partition coefficient (Wildman–Crippen LogP) is 1.79. The monoisotopic (exact) mass is 321 g/mol. The van der Waals surface area contributed by atoms with Crippen LogP contribution < -0.4 is 11.1 Å². The van der Waals surface area contributed by atoms with Crippen molar-refractivity contribution in [1.82, 2.24) is 5.32 Å². The van der Waals surface area contributed by atoms with Crippen LogP contribution in [0.25, 0.3) is 0 Å². The summed E-state index contributed by atoms with van der Waals surface area (Å²) in [7, 11) is -3.16. The van der Waals surface area contributed by atoms with E-state index in [9.17, 15) is 8.42 Å². The molecule has 0 bridgehead atoms. The third-order valence-electron chi connectivity index (χ3n) is 4.55. The third kappa shape index (κ3) is 3.27. The number of aliphatic imine (C=N–C) groups is 1. The normalized spacial score (nSPS) is 24.9. The van der Waals surface area contributed by atoms with Gasteiger partial charge in [0.1, 0.15) is 0 Å². The van der Waals surface area contributed by atoms with Gasteiger partial charge in [0.2, 0.25) is 0 Å². The first-order valence-electron chi connectivity index (χ1n) is 7.94. The molecule has 1 aliphatic carbocycles. The first-order chi connectivity index (χ1) is 10.6. The second-order valence-electron chi connectivity index (χ2n) is 6.22. The molecular formula is C16H23N3O2S. The van der Waals surface area contributed by atoms with Gasteiger partial charge >= 0.3 is 0 Å². The van der Waals surface area contributed by atoms with Gasteiger partial charge in [-0.15, -0.1) is 0 Å². The van der Waals surface area contributed by atoms with E-state index in [2.05, 4.69) is 10.3 Å². The van der Waals surface area contributed by atoms with Crippen molar-refractivity contribution in [2.45, 2.75) is 49.0 Å². The van der Waals surface area contributed by atoms with E-state index in [0.29, 0.717) is 23.4 Å². The Balaban J connectivity index is 1.65. The molecule has 0 amide bonds. The number of nitrogens with one attached hydrogen (secondary N) is 1. The molecule has 0 spiro atoms. The molecule has 22 heavy (non-hydrogen) atoms. The van der Waals surface area contributed by atoms with Crippen molar-refractivity contribution in [1.29, 1.82) is 0 Å². The van der Waals surface area contributed by atoms with E-state index in [0.717, 1.165) is 18.4 Å². The molecule has 5 nitrogen and oxygen atoms in total. The van der Waals surface area contributed by atoms with Crippen LogP contribution in [-0.2, 0) is 9.84 Å². The number of nitrogens with zero attached hydrogens (tertiary/aromatic N) is 1. The van der Waals surface area contributed by atoms with Crippen LogP contribution in [0.4, 0.5) is 0 Å². The summed E-state index contributed by atoms with van der Waals surface area (Å²) in [5, 5.41) is 3.27. The SMILES string of the molecule is NC(=NCC1CS(=O)(=O)c2ccccc21)NC1CCCCC1. The van der Waals surface area contributed by atoms with Crippen molar-refractivity contribution in [3.05, 3.63) is 29.8 Å². The molecule has 3 N–H and O–H groups in total. The van der Waals surface area contributed by atoms with Crippen molar-refractivity contribution in [3.8, 4) is 0 Å². The molecule has 6 heteroatoms. The van der Waals surface area contributed by atoms with E-state index in [1.54, 1.807) is 12.1 Å². The number of hydrogen-bond donors (Lipinski definition) is 2. The van der Waals surface area contributed by atoms with Gasteiger partial charge in [-0.2, -0.15) is 0 Å². The summed E-state index contributed by atoms with van der Waals surface area (Å²) in [5.74, 6) is 0.480. The number of nitrogens with two attached hydrogens (primary N) is 1. The molecule has 2 aliphatic rings. The fraction of sp³-hybridized carbons (Fsp3) is 0.562. The molecule has 0 aromatic heterocycles. The fourth-order valence-corrected chi connectivity index (χ4v) is 5.28. The van der Waals surface area contributed by atoms with E-state index >= 15 is 0 Å². The number of benzene rings is 1. The number of fused-ring (bicyclic) bond motifs is 1. The lowest BCUT2D eigenvalue weighted by atomic mass is 9.96. The van der Waals surface area contributed by atoms with Crippen molar-refractivity contribution in [3.63, 3.8) is 0 Å². The highest BCUT2D eigenvalue weighted by atomic mass is 32.2. The van der Waals surface area contributed by atoms with Gasteiger partial charge in [-0.25, -0.2) is 8.42 Å². The Hall–Kier alpha value is -1.56. The smallest absolute Gasteiger partial charge is 0.188 e. The Morgan fingerprint density at radius 1 is 1.23 bits per heavy atom. The minimum Gasteiger partial charge on any atom is -0.370 e. The molecule has 1 fully saturated rings. The van der Waals surface area contributed by atoms with Gasteiger partial charge in [-0.3, -0.25) is 4.99 Å². The Morgan fingerprint density at radius 2 is 1.95 bits per heavy atom. The summed E-state index contributed by atoms with van der Waals surface area (Å²) >= 11 is 0. The first-order valence-corrected chi connectivity index (χ1v) is 9.59. The average Bonchev–Trinajstić information content (AvgIpc) is 2.78. The summed E-state index contributed by atoms with van der Waals surface area (Å²) in [6.07, 6.45) is 6.04. The van der Waals surface area contributed by atoms with Crippen LogP contribution in [0.1, 0.15) is 43.6 Å². The number of sulfone groups is 1. The molecule has 3 rings (SSSR count). The predicted molar refractivity (Wildman–Crippen MR) is 87.7 cm³/mol. The summed E-state index contributed by atoms with van der Waals surface area (Å²) in [5.41, 5.74) is 6.83. The molecule has 1 heterocycles. The fourth-order valence-electron chi connectivity index (χ4n) is 3.41. The van der Waals surface area contributed by atoms with Crippen LogP contribution in [-0.4, -0.2) is 32.7 Å². The lowest BCUT2D eigenvalue weighted by molar-refractivity contribution is 0.412. The van der Waals surface area contributed by atoms with Crippen LogP contribution in [0.3, 0.4) is 0 Å². The minimum absolute atomic E-state index is 0.0899. The van der Waals surface area contributed by atoms with Gasteiger partial charge in [0, 0.05) is 12.0 Å². The summed E-state index contributed by atoms with van der Waals surface area (Å²) in [6, 6.07) is 7.61. The lowest BCUT2D eigenvalue weighted by Gasteiger charge is -2.23. The Kier molecular flexibility index (Phi) is 4.38. The lowest BCUT2D eigenvalue weighted by Crippen LogP contribution is -2.41. The van der Waals surface area contributed by atoms with E-state index in [1.807, 2.05) is 12.1 Å². The molecular weight excluding hydrogens is 298 g/mol. The van der Waals surface area contributed by atoms with Crippen LogP contribution in [0.15, 0.2) is 34.2 Å². The molecule has 0 radical (unpaired) electrons. The highest BCUT2D eigenvalue weighted by Crippen LogP contribution is 2.34. The highest BCUT2D eigenvalue weighted by molar-refractivity contribution is 7.91. The maximum absolute atomic E-state index is 12.1. The second kappa shape index (κ2) is 6.28. The van der Waals surface area contributed by atoms with Crippen LogP contribution >= 0.6 is 0 Å². The Bertz CT molecular complexity index is 664. The van der Waals surface area contributed by atoms with Crippen molar-refractivity contribution in [2.24, 2.45) is 10.7 Å². The van der Waals surface area contributed by atoms with Gasteiger partial charge in [0.15, 0.2) is 15.8 Å². The molecule has 1 aliphatic heterocycles. The molecule has 1 unspecified atom stereocenters. The third-order valence-corrected chi connectivity index (χ3v) is 6.44. The maximum Gasteiger partial charge on any atom is 0.188 e. The van der Waals surface area contributed by atoms with Gasteiger partial charge < -0.3 is 11.1 Å². The van der Waals surface area contributed by atoms with E-state index in [-0.39, 0.29) is 11.7 Å². The van der Waals surface area contributed by atoms with Gasteiger partial charge in [0.25, 0.3) is 0 Å². The quantitative estimate of drug-likeness (QED) is 0.656. The summed E-state index contributed by atoms with van der Waals surface area (Å²) in [4.78, 5) is 4.84. The average molecular weight is 321 g/mol. The Morgan fingerprint density at radius 3 is 2.73 bits per heavy atom. The van der Waals surface area contributed by atoms with E-state index in [4.69, 9.17) is 5.73 Å². The van der Waals surface area contributed by atoms with Crippen molar-refractivity contribution < 1.29 is 8.42 Å². The topological polar surface area (TPSA) is 84.5 Å². The van der Waals surface area contributed by atoms with Crippen LogP contribution in [0, 0.1) is 0 Å². The van der Waals surface area contributed by atoms with Crippen molar-refractivity contribution >= 4 is 15.8 Å². The molecule has 1 aromatic carbocycles. The van der Waals surface area contributed by atoms with Crippen LogP contribution in [0.5, 0.6) is 0 Å². The summed E-state index contributed by atoms with van der Waals surface area (Å²) in [6.45, 7) is 0.418. The molecule has 1 saturated carbocycles.